The van der Waals surface area contributed by atoms with Crippen molar-refractivity contribution in [1.29, 1.82) is 0 Å². The van der Waals surface area contributed by atoms with Crippen LogP contribution in [0.2, 0.25) is 0 Å². The van der Waals surface area contributed by atoms with E-state index in [0.717, 1.165) is 30.0 Å². The van der Waals surface area contributed by atoms with Crippen LogP contribution in [-0.2, 0) is 6.42 Å². The molecule has 0 spiro atoms. The molecule has 94 valence electrons. The molecular weight excluding hydrogens is 214 g/mol. The quantitative estimate of drug-likeness (QED) is 0.538. The fraction of sp³-hybridized carbons (Fsp3) is 0.667. The van der Waals surface area contributed by atoms with Gasteiger partial charge in [0.2, 0.25) is 0 Å². The topological polar surface area (TPSA) is 75.9 Å². The molecule has 1 aliphatic rings. The normalized spacial score (nSPS) is 16.1. The van der Waals surface area contributed by atoms with Crippen molar-refractivity contribution in [2.75, 3.05) is 10.7 Å². The summed E-state index contributed by atoms with van der Waals surface area (Å²) in [5.74, 6) is 7.17. The predicted octanol–water partition coefficient (Wildman–Crippen LogP) is 2.07. The van der Waals surface area contributed by atoms with Gasteiger partial charge in [-0.3, -0.25) is 0 Å². The third-order valence-corrected chi connectivity index (χ3v) is 3.28. The van der Waals surface area contributed by atoms with Gasteiger partial charge in [-0.15, -0.1) is 0 Å². The molecule has 0 radical (unpaired) electrons. The Morgan fingerprint density at radius 3 is 2.65 bits per heavy atom. The predicted molar refractivity (Wildman–Crippen MR) is 69.7 cm³/mol. The molecule has 1 saturated carbocycles. The van der Waals surface area contributed by atoms with E-state index in [-0.39, 0.29) is 0 Å². The molecule has 0 aromatic carbocycles. The zero-order chi connectivity index (χ0) is 12.1. The summed E-state index contributed by atoms with van der Waals surface area (Å²) in [4.78, 5) is 8.52. The van der Waals surface area contributed by atoms with E-state index in [1.165, 1.54) is 25.7 Å². The van der Waals surface area contributed by atoms with E-state index in [1.54, 1.807) is 6.33 Å². The van der Waals surface area contributed by atoms with E-state index >= 15 is 0 Å². The van der Waals surface area contributed by atoms with E-state index in [9.17, 15) is 0 Å². The van der Waals surface area contributed by atoms with Gasteiger partial charge < -0.3 is 10.7 Å². The second-order valence-electron chi connectivity index (χ2n) is 4.57. The monoisotopic (exact) mass is 235 g/mol. The molecule has 1 aliphatic carbocycles. The zero-order valence-corrected chi connectivity index (χ0v) is 10.4. The van der Waals surface area contributed by atoms with Crippen LogP contribution in [0, 0.1) is 0 Å². The standard InChI is InChI=1S/C12H21N5/c1-2-5-10-11(14-8-15-12(10)17-13)16-9-6-3-4-7-9/h8-9H,2-7,13H2,1H3,(H2,14,15,16,17). The zero-order valence-electron chi connectivity index (χ0n) is 10.4. The number of hydrogen-bond acceptors (Lipinski definition) is 5. The van der Waals surface area contributed by atoms with Gasteiger partial charge in [0.05, 0.1) is 0 Å². The van der Waals surface area contributed by atoms with Crippen molar-refractivity contribution >= 4 is 11.6 Å². The largest absolute Gasteiger partial charge is 0.367 e. The Morgan fingerprint density at radius 1 is 1.29 bits per heavy atom. The lowest BCUT2D eigenvalue weighted by atomic mass is 10.1. The van der Waals surface area contributed by atoms with Gasteiger partial charge in [-0.2, -0.15) is 0 Å². The molecule has 0 unspecified atom stereocenters. The number of rotatable bonds is 5. The molecule has 4 N–H and O–H groups in total. The van der Waals surface area contributed by atoms with Crippen molar-refractivity contribution in [3.63, 3.8) is 0 Å². The van der Waals surface area contributed by atoms with Crippen molar-refractivity contribution in [3.05, 3.63) is 11.9 Å². The number of anilines is 2. The average Bonchev–Trinajstić information content (AvgIpc) is 2.84. The minimum absolute atomic E-state index is 0.561. The molecule has 0 aliphatic heterocycles. The van der Waals surface area contributed by atoms with Gasteiger partial charge in [0.1, 0.15) is 18.0 Å². The third-order valence-electron chi connectivity index (χ3n) is 3.28. The Balaban J connectivity index is 2.18. The first-order valence-electron chi connectivity index (χ1n) is 6.42. The van der Waals surface area contributed by atoms with Gasteiger partial charge in [-0.05, 0) is 19.3 Å². The van der Waals surface area contributed by atoms with Crippen LogP contribution in [-0.4, -0.2) is 16.0 Å². The van der Waals surface area contributed by atoms with E-state index in [2.05, 4.69) is 27.6 Å². The van der Waals surface area contributed by atoms with Crippen LogP contribution in [0.4, 0.5) is 11.6 Å². The second kappa shape index (κ2) is 5.82. The van der Waals surface area contributed by atoms with Gasteiger partial charge in [-0.25, -0.2) is 15.8 Å². The Kier molecular flexibility index (Phi) is 4.14. The smallest absolute Gasteiger partial charge is 0.148 e. The first-order valence-corrected chi connectivity index (χ1v) is 6.42. The first kappa shape index (κ1) is 12.1. The lowest BCUT2D eigenvalue weighted by molar-refractivity contribution is 0.744. The molecule has 0 amide bonds. The van der Waals surface area contributed by atoms with Crippen molar-refractivity contribution in [2.24, 2.45) is 5.84 Å². The van der Waals surface area contributed by atoms with Crippen LogP contribution in [0.5, 0.6) is 0 Å². The molecule has 5 heteroatoms. The van der Waals surface area contributed by atoms with Crippen molar-refractivity contribution < 1.29 is 0 Å². The summed E-state index contributed by atoms with van der Waals surface area (Å²) in [5.41, 5.74) is 3.76. The second-order valence-corrected chi connectivity index (χ2v) is 4.57. The number of nitrogens with one attached hydrogen (secondary N) is 2. The Morgan fingerprint density at radius 2 is 2.00 bits per heavy atom. The van der Waals surface area contributed by atoms with Crippen molar-refractivity contribution in [1.82, 2.24) is 9.97 Å². The van der Waals surface area contributed by atoms with Crippen LogP contribution in [0.3, 0.4) is 0 Å². The van der Waals surface area contributed by atoms with Crippen LogP contribution in [0.1, 0.15) is 44.6 Å². The van der Waals surface area contributed by atoms with Crippen LogP contribution in [0.15, 0.2) is 6.33 Å². The van der Waals surface area contributed by atoms with E-state index in [0.29, 0.717) is 6.04 Å². The minimum Gasteiger partial charge on any atom is -0.367 e. The summed E-state index contributed by atoms with van der Waals surface area (Å²) in [6.07, 6.45) is 8.66. The lowest BCUT2D eigenvalue weighted by Gasteiger charge is -2.17. The van der Waals surface area contributed by atoms with Gasteiger partial charge >= 0.3 is 0 Å². The van der Waals surface area contributed by atoms with E-state index in [4.69, 9.17) is 5.84 Å². The summed E-state index contributed by atoms with van der Waals surface area (Å²) in [6.45, 7) is 2.15. The molecule has 1 heterocycles. The molecule has 1 aromatic rings. The maximum Gasteiger partial charge on any atom is 0.148 e. The maximum absolute atomic E-state index is 5.49. The fourth-order valence-electron chi connectivity index (χ4n) is 2.41. The summed E-state index contributed by atoms with van der Waals surface area (Å²) in [5, 5.41) is 3.52. The van der Waals surface area contributed by atoms with Crippen LogP contribution in [0.25, 0.3) is 0 Å². The summed E-state index contributed by atoms with van der Waals surface area (Å²) in [7, 11) is 0. The van der Waals surface area contributed by atoms with Gasteiger partial charge in [0.25, 0.3) is 0 Å². The molecule has 5 nitrogen and oxygen atoms in total. The number of nitrogens with two attached hydrogens (primary N) is 1. The molecular formula is C12H21N5. The highest BCUT2D eigenvalue weighted by atomic mass is 15.3. The molecule has 0 bridgehead atoms. The van der Waals surface area contributed by atoms with Crippen LogP contribution >= 0.6 is 0 Å². The highest BCUT2D eigenvalue weighted by molar-refractivity contribution is 5.57. The molecule has 0 saturated heterocycles. The molecule has 2 rings (SSSR count). The third kappa shape index (κ3) is 2.85. The number of hydrogen-bond donors (Lipinski definition) is 3. The number of hydrazine groups is 1. The fourth-order valence-corrected chi connectivity index (χ4v) is 2.41. The average molecular weight is 235 g/mol. The number of aromatic nitrogens is 2. The van der Waals surface area contributed by atoms with E-state index in [1.807, 2.05) is 0 Å². The van der Waals surface area contributed by atoms with Crippen LogP contribution < -0.4 is 16.6 Å². The lowest BCUT2D eigenvalue weighted by Crippen LogP contribution is -2.19. The summed E-state index contributed by atoms with van der Waals surface area (Å²) >= 11 is 0. The maximum atomic E-state index is 5.49. The summed E-state index contributed by atoms with van der Waals surface area (Å²) < 4.78 is 0. The number of nitrogen functional groups attached to an aromatic ring is 1. The number of nitrogens with zero attached hydrogens (tertiary/aromatic N) is 2. The Hall–Kier alpha value is -1.36. The Labute approximate surface area is 102 Å². The molecule has 0 atom stereocenters. The van der Waals surface area contributed by atoms with Gasteiger partial charge in [0, 0.05) is 11.6 Å². The first-order chi connectivity index (χ1) is 8.35. The van der Waals surface area contributed by atoms with Gasteiger partial charge in [-0.1, -0.05) is 26.2 Å². The van der Waals surface area contributed by atoms with E-state index < -0.39 is 0 Å². The highest BCUT2D eigenvalue weighted by Gasteiger charge is 2.18. The van der Waals surface area contributed by atoms with Gasteiger partial charge in [0.15, 0.2) is 0 Å². The minimum atomic E-state index is 0.561. The highest BCUT2D eigenvalue weighted by Crippen LogP contribution is 2.26. The Bertz CT molecular complexity index is 360. The van der Waals surface area contributed by atoms with Crippen molar-refractivity contribution in [2.45, 2.75) is 51.5 Å². The summed E-state index contributed by atoms with van der Waals surface area (Å²) in [6, 6.07) is 0.561. The van der Waals surface area contributed by atoms with Crippen molar-refractivity contribution in [3.8, 4) is 0 Å². The SMILES string of the molecule is CCCc1c(NN)ncnc1NC1CCCC1. The molecule has 1 fully saturated rings. The molecule has 1 aromatic heterocycles. The molecule has 17 heavy (non-hydrogen) atoms.